The van der Waals surface area contributed by atoms with Crippen LogP contribution in [-0.4, -0.2) is 25.2 Å². The number of nitrogens with one attached hydrogen (secondary N) is 1. The minimum atomic E-state index is -0.171. The molecular weight excluding hydrogens is 356 g/mol. The van der Waals surface area contributed by atoms with Crippen molar-refractivity contribution >= 4 is 6.03 Å². The molecular formula is C22H24N2O4. The molecule has 0 spiro atoms. The number of hydrogen-bond donors (Lipinski definition) is 1. The third kappa shape index (κ3) is 5.07. The van der Waals surface area contributed by atoms with Gasteiger partial charge in [0.1, 0.15) is 5.76 Å². The highest BCUT2D eigenvalue weighted by atomic mass is 16.5. The first-order valence-electron chi connectivity index (χ1n) is 8.99. The number of amides is 2. The number of methoxy groups -OCH3 is 2. The van der Waals surface area contributed by atoms with Crippen LogP contribution in [-0.2, 0) is 19.6 Å². The van der Waals surface area contributed by atoms with Crippen LogP contribution in [0, 0.1) is 0 Å². The summed E-state index contributed by atoms with van der Waals surface area (Å²) in [5.74, 6) is 2.02. The van der Waals surface area contributed by atoms with Crippen molar-refractivity contribution in [1.29, 1.82) is 0 Å². The number of hydrogen-bond acceptors (Lipinski definition) is 4. The Morgan fingerprint density at radius 3 is 2.39 bits per heavy atom. The second-order valence-electron chi connectivity index (χ2n) is 6.27. The summed E-state index contributed by atoms with van der Waals surface area (Å²) in [4.78, 5) is 14.6. The van der Waals surface area contributed by atoms with Crippen LogP contribution >= 0.6 is 0 Å². The standard InChI is InChI=1S/C22H24N2O4/c1-26-20-11-10-18(13-21(20)27-2)14-23-22(25)24(16-19-9-6-12-28-19)15-17-7-4-3-5-8-17/h3-13H,14-16H2,1-2H3,(H,23,25). The van der Waals surface area contributed by atoms with E-state index in [2.05, 4.69) is 5.32 Å². The van der Waals surface area contributed by atoms with Crippen LogP contribution in [0.3, 0.4) is 0 Å². The molecule has 0 saturated carbocycles. The van der Waals surface area contributed by atoms with Crippen molar-refractivity contribution in [2.45, 2.75) is 19.6 Å². The van der Waals surface area contributed by atoms with E-state index in [9.17, 15) is 4.79 Å². The predicted octanol–water partition coefficient (Wildman–Crippen LogP) is 4.21. The summed E-state index contributed by atoms with van der Waals surface area (Å²) in [5, 5.41) is 2.97. The first kappa shape index (κ1) is 19.4. The van der Waals surface area contributed by atoms with Gasteiger partial charge in [0.2, 0.25) is 0 Å². The molecule has 0 radical (unpaired) electrons. The maximum absolute atomic E-state index is 12.8. The summed E-state index contributed by atoms with van der Waals surface area (Å²) in [5.41, 5.74) is 1.97. The van der Waals surface area contributed by atoms with Gasteiger partial charge in [-0.15, -0.1) is 0 Å². The van der Waals surface area contributed by atoms with E-state index in [1.807, 2.05) is 60.7 Å². The van der Waals surface area contributed by atoms with Crippen LogP contribution in [0.4, 0.5) is 4.79 Å². The lowest BCUT2D eigenvalue weighted by Crippen LogP contribution is -2.38. The van der Waals surface area contributed by atoms with Crippen molar-refractivity contribution in [3.8, 4) is 11.5 Å². The highest BCUT2D eigenvalue weighted by molar-refractivity contribution is 5.74. The van der Waals surface area contributed by atoms with E-state index in [-0.39, 0.29) is 6.03 Å². The van der Waals surface area contributed by atoms with Gasteiger partial charge in [-0.1, -0.05) is 36.4 Å². The first-order chi connectivity index (χ1) is 13.7. The lowest BCUT2D eigenvalue weighted by atomic mass is 10.2. The van der Waals surface area contributed by atoms with Crippen LogP contribution in [0.2, 0.25) is 0 Å². The number of carbonyl (C=O) groups excluding carboxylic acids is 1. The molecule has 1 heterocycles. The van der Waals surface area contributed by atoms with Crippen LogP contribution < -0.4 is 14.8 Å². The molecule has 3 aromatic rings. The summed E-state index contributed by atoms with van der Waals surface area (Å²) < 4.78 is 16.0. The van der Waals surface area contributed by atoms with E-state index in [0.717, 1.165) is 16.9 Å². The van der Waals surface area contributed by atoms with E-state index in [4.69, 9.17) is 13.9 Å². The van der Waals surface area contributed by atoms with Gasteiger partial charge in [-0.3, -0.25) is 0 Å². The zero-order chi connectivity index (χ0) is 19.8. The Labute approximate surface area is 164 Å². The first-order valence-corrected chi connectivity index (χ1v) is 8.99. The second kappa shape index (κ2) is 9.50. The number of nitrogens with zero attached hydrogens (tertiary/aromatic N) is 1. The minimum absolute atomic E-state index is 0.171. The van der Waals surface area contributed by atoms with Gasteiger partial charge in [-0.25, -0.2) is 4.79 Å². The molecule has 2 amide bonds. The summed E-state index contributed by atoms with van der Waals surface area (Å²) in [6.07, 6.45) is 1.61. The maximum atomic E-state index is 12.8. The maximum Gasteiger partial charge on any atom is 0.318 e. The normalized spacial score (nSPS) is 10.4. The highest BCUT2D eigenvalue weighted by Crippen LogP contribution is 2.27. The summed E-state index contributed by atoms with van der Waals surface area (Å²) in [6, 6.07) is 19.0. The van der Waals surface area contributed by atoms with Gasteiger partial charge in [0.05, 0.1) is 27.0 Å². The quantitative estimate of drug-likeness (QED) is 0.636. The van der Waals surface area contributed by atoms with Gasteiger partial charge in [-0.2, -0.15) is 0 Å². The Kier molecular flexibility index (Phi) is 6.57. The van der Waals surface area contributed by atoms with Crippen LogP contribution in [0.5, 0.6) is 11.5 Å². The minimum Gasteiger partial charge on any atom is -0.493 e. The van der Waals surface area contributed by atoms with Crippen molar-refractivity contribution in [2.24, 2.45) is 0 Å². The Hall–Kier alpha value is -3.41. The van der Waals surface area contributed by atoms with Crippen LogP contribution in [0.1, 0.15) is 16.9 Å². The number of rotatable bonds is 8. The van der Waals surface area contributed by atoms with Gasteiger partial charge in [-0.05, 0) is 35.4 Å². The molecule has 0 aliphatic carbocycles. The fourth-order valence-corrected chi connectivity index (χ4v) is 2.87. The predicted molar refractivity (Wildman–Crippen MR) is 106 cm³/mol. The molecule has 6 heteroatoms. The summed E-state index contributed by atoms with van der Waals surface area (Å²) >= 11 is 0. The van der Waals surface area contributed by atoms with E-state index < -0.39 is 0 Å². The van der Waals surface area contributed by atoms with Crippen LogP contribution in [0.25, 0.3) is 0 Å². The Bertz CT molecular complexity index is 879. The van der Waals surface area contributed by atoms with Crippen molar-refractivity contribution in [2.75, 3.05) is 14.2 Å². The van der Waals surface area contributed by atoms with Gasteiger partial charge in [0, 0.05) is 13.1 Å². The van der Waals surface area contributed by atoms with Crippen molar-refractivity contribution in [3.05, 3.63) is 83.8 Å². The third-order valence-corrected chi connectivity index (χ3v) is 4.32. The van der Waals surface area contributed by atoms with E-state index in [1.54, 1.807) is 25.4 Å². The van der Waals surface area contributed by atoms with Crippen molar-refractivity contribution < 1.29 is 18.7 Å². The van der Waals surface area contributed by atoms with Crippen molar-refractivity contribution in [3.63, 3.8) is 0 Å². The lowest BCUT2D eigenvalue weighted by Gasteiger charge is -2.22. The molecule has 2 aromatic carbocycles. The van der Waals surface area contributed by atoms with Gasteiger partial charge in [0.15, 0.2) is 11.5 Å². The second-order valence-corrected chi connectivity index (χ2v) is 6.27. The number of carbonyl (C=O) groups is 1. The number of ether oxygens (including phenoxy) is 2. The molecule has 28 heavy (non-hydrogen) atoms. The molecule has 0 saturated heterocycles. The van der Waals surface area contributed by atoms with Gasteiger partial charge in [0.25, 0.3) is 0 Å². The zero-order valence-corrected chi connectivity index (χ0v) is 16.1. The fourth-order valence-electron chi connectivity index (χ4n) is 2.87. The highest BCUT2D eigenvalue weighted by Gasteiger charge is 2.16. The SMILES string of the molecule is COc1ccc(CNC(=O)N(Cc2ccccc2)Cc2ccco2)cc1OC. The average molecular weight is 380 g/mol. The molecule has 0 bridgehead atoms. The zero-order valence-electron chi connectivity index (χ0n) is 16.1. The fraction of sp³-hybridized carbons (Fsp3) is 0.227. The van der Waals surface area contributed by atoms with Gasteiger partial charge >= 0.3 is 6.03 Å². The third-order valence-electron chi connectivity index (χ3n) is 4.32. The Morgan fingerprint density at radius 1 is 0.929 bits per heavy atom. The van der Waals surface area contributed by atoms with E-state index in [1.165, 1.54) is 0 Å². The van der Waals surface area contributed by atoms with Crippen LogP contribution in [0.15, 0.2) is 71.3 Å². The summed E-state index contributed by atoms with van der Waals surface area (Å²) in [6.45, 7) is 1.25. The molecule has 0 unspecified atom stereocenters. The Balaban J connectivity index is 1.68. The summed E-state index contributed by atoms with van der Waals surface area (Å²) in [7, 11) is 3.18. The molecule has 146 valence electrons. The number of furan rings is 1. The molecule has 1 aromatic heterocycles. The number of urea groups is 1. The van der Waals surface area contributed by atoms with E-state index >= 15 is 0 Å². The largest absolute Gasteiger partial charge is 0.493 e. The lowest BCUT2D eigenvalue weighted by molar-refractivity contribution is 0.187. The van der Waals surface area contributed by atoms with Gasteiger partial charge < -0.3 is 24.1 Å². The topological polar surface area (TPSA) is 63.9 Å². The molecule has 0 atom stereocenters. The molecule has 6 nitrogen and oxygen atoms in total. The van der Waals surface area contributed by atoms with E-state index in [0.29, 0.717) is 31.1 Å². The average Bonchev–Trinajstić information content (AvgIpc) is 3.25. The molecule has 3 rings (SSSR count). The van der Waals surface area contributed by atoms with Crippen molar-refractivity contribution in [1.82, 2.24) is 10.2 Å². The Morgan fingerprint density at radius 2 is 1.71 bits per heavy atom. The molecule has 0 aliphatic rings. The number of benzene rings is 2. The molecule has 0 fully saturated rings. The molecule has 0 aliphatic heterocycles. The molecule has 1 N–H and O–H groups in total. The smallest absolute Gasteiger partial charge is 0.318 e. The monoisotopic (exact) mass is 380 g/mol.